The van der Waals surface area contributed by atoms with Gasteiger partial charge in [0.05, 0.1) is 0 Å². The summed E-state index contributed by atoms with van der Waals surface area (Å²) in [4.78, 5) is 0. The fourth-order valence-corrected chi connectivity index (χ4v) is 4.11. The minimum Gasteiger partial charge on any atom is -0.330 e. The maximum Gasteiger partial charge on any atom is 0.0458 e. The first-order chi connectivity index (χ1) is 8.51. The highest BCUT2D eigenvalue weighted by atomic mass is 35.5. The first-order valence-electron chi connectivity index (χ1n) is 6.66. The molecule has 1 saturated carbocycles. The first kappa shape index (κ1) is 14.2. The van der Waals surface area contributed by atoms with Gasteiger partial charge in [0.25, 0.3) is 0 Å². The molecular weight excluding hydrogens is 265 g/mol. The Bertz CT molecular complexity index is 430. The minimum atomic E-state index is 0.0632. The predicted molar refractivity (Wildman–Crippen MR) is 79.4 cm³/mol. The first-order valence-corrected chi connectivity index (χ1v) is 7.42. The molecule has 1 aliphatic carbocycles. The molecule has 1 aromatic carbocycles. The Balaban J connectivity index is 2.31. The maximum absolute atomic E-state index is 6.34. The molecule has 1 nitrogen and oxygen atoms in total. The van der Waals surface area contributed by atoms with Crippen LogP contribution in [0.15, 0.2) is 18.2 Å². The lowest BCUT2D eigenvalue weighted by Crippen LogP contribution is -2.53. The van der Waals surface area contributed by atoms with E-state index in [4.69, 9.17) is 28.9 Å². The summed E-state index contributed by atoms with van der Waals surface area (Å²) in [5.74, 6) is 0. The summed E-state index contributed by atoms with van der Waals surface area (Å²) >= 11 is 12.3. The molecule has 100 valence electrons. The average molecular weight is 286 g/mol. The third kappa shape index (κ3) is 2.17. The summed E-state index contributed by atoms with van der Waals surface area (Å²) in [7, 11) is 0. The molecule has 2 N–H and O–H groups in total. The summed E-state index contributed by atoms with van der Waals surface area (Å²) < 4.78 is 0. The van der Waals surface area contributed by atoms with E-state index >= 15 is 0 Å². The summed E-state index contributed by atoms with van der Waals surface area (Å²) in [6.07, 6.45) is 4.72. The van der Waals surface area contributed by atoms with Gasteiger partial charge in [0.1, 0.15) is 0 Å². The number of hydrogen-bond donors (Lipinski definition) is 1. The highest BCUT2D eigenvalue weighted by Crippen LogP contribution is 2.59. The number of rotatable bonds is 4. The van der Waals surface area contributed by atoms with Crippen molar-refractivity contribution in [1.29, 1.82) is 0 Å². The molecule has 0 aromatic heterocycles. The highest BCUT2D eigenvalue weighted by molar-refractivity contribution is 6.35. The fourth-order valence-electron chi connectivity index (χ4n) is 3.50. The SMILES string of the molecule is CCC1(CC)CC(CN)(c2ccc(Cl)cc2Cl)C1. The van der Waals surface area contributed by atoms with Gasteiger partial charge in [-0.05, 0) is 36.0 Å². The van der Waals surface area contributed by atoms with E-state index in [0.29, 0.717) is 17.0 Å². The molecular formula is C15H21Cl2N. The van der Waals surface area contributed by atoms with Gasteiger partial charge in [0.15, 0.2) is 0 Å². The predicted octanol–water partition coefficient (Wildman–Crippen LogP) is 4.79. The monoisotopic (exact) mass is 285 g/mol. The van der Waals surface area contributed by atoms with Crippen molar-refractivity contribution in [2.75, 3.05) is 6.54 Å². The third-order valence-electron chi connectivity index (χ3n) is 4.82. The van der Waals surface area contributed by atoms with Gasteiger partial charge in [-0.2, -0.15) is 0 Å². The van der Waals surface area contributed by atoms with Crippen molar-refractivity contribution in [2.24, 2.45) is 11.1 Å². The molecule has 0 heterocycles. The lowest BCUT2D eigenvalue weighted by Gasteiger charge is -2.56. The van der Waals surface area contributed by atoms with Crippen molar-refractivity contribution in [3.05, 3.63) is 33.8 Å². The second-order valence-corrected chi connectivity index (χ2v) is 6.51. The largest absolute Gasteiger partial charge is 0.330 e. The fraction of sp³-hybridized carbons (Fsp3) is 0.600. The van der Waals surface area contributed by atoms with E-state index in [2.05, 4.69) is 13.8 Å². The number of hydrogen-bond acceptors (Lipinski definition) is 1. The molecule has 0 bridgehead atoms. The van der Waals surface area contributed by atoms with E-state index in [-0.39, 0.29) is 5.41 Å². The van der Waals surface area contributed by atoms with Crippen LogP contribution in [0.5, 0.6) is 0 Å². The van der Waals surface area contributed by atoms with Crippen LogP contribution in [0.1, 0.15) is 45.1 Å². The van der Waals surface area contributed by atoms with E-state index in [0.717, 1.165) is 17.9 Å². The normalized spacial score (nSPS) is 20.5. The summed E-state index contributed by atoms with van der Waals surface area (Å²) in [5, 5.41) is 1.45. The second kappa shape index (κ2) is 5.03. The molecule has 2 rings (SSSR count). The molecule has 0 unspecified atom stereocenters. The van der Waals surface area contributed by atoms with Crippen molar-refractivity contribution in [1.82, 2.24) is 0 Å². The zero-order valence-electron chi connectivity index (χ0n) is 11.1. The van der Waals surface area contributed by atoms with Crippen LogP contribution >= 0.6 is 23.2 Å². The van der Waals surface area contributed by atoms with Crippen LogP contribution in [0.2, 0.25) is 10.0 Å². The van der Waals surface area contributed by atoms with Gasteiger partial charge >= 0.3 is 0 Å². The Kier molecular flexibility index (Phi) is 3.96. The quantitative estimate of drug-likeness (QED) is 0.846. The number of halogens is 2. The second-order valence-electron chi connectivity index (χ2n) is 5.67. The number of benzene rings is 1. The standard InChI is InChI=1S/C15H21Cl2N/c1-3-14(4-2)8-15(9-14,10-18)12-6-5-11(16)7-13(12)17/h5-7H,3-4,8-10,18H2,1-2H3. The van der Waals surface area contributed by atoms with Crippen LogP contribution in [0, 0.1) is 5.41 Å². The van der Waals surface area contributed by atoms with Gasteiger partial charge in [-0.15, -0.1) is 0 Å². The smallest absolute Gasteiger partial charge is 0.0458 e. The molecule has 0 spiro atoms. The van der Waals surface area contributed by atoms with Crippen LogP contribution in [0.25, 0.3) is 0 Å². The van der Waals surface area contributed by atoms with Crippen LogP contribution in [0.3, 0.4) is 0 Å². The highest BCUT2D eigenvalue weighted by Gasteiger charge is 2.53. The van der Waals surface area contributed by atoms with E-state index in [1.807, 2.05) is 18.2 Å². The van der Waals surface area contributed by atoms with Crippen molar-refractivity contribution < 1.29 is 0 Å². The third-order valence-corrected chi connectivity index (χ3v) is 5.37. The van der Waals surface area contributed by atoms with E-state index in [9.17, 15) is 0 Å². The molecule has 0 aliphatic heterocycles. The summed E-state index contributed by atoms with van der Waals surface area (Å²) in [6, 6.07) is 5.79. The minimum absolute atomic E-state index is 0.0632. The molecule has 1 aromatic rings. The summed E-state index contributed by atoms with van der Waals surface area (Å²) in [6.45, 7) is 5.21. The molecule has 1 aliphatic rings. The Hall–Kier alpha value is -0.240. The molecule has 3 heteroatoms. The van der Waals surface area contributed by atoms with E-state index in [1.165, 1.54) is 18.4 Å². The van der Waals surface area contributed by atoms with E-state index in [1.54, 1.807) is 0 Å². The van der Waals surface area contributed by atoms with Crippen molar-refractivity contribution in [2.45, 2.75) is 44.9 Å². The number of nitrogens with two attached hydrogens (primary N) is 1. The van der Waals surface area contributed by atoms with Crippen LogP contribution in [0.4, 0.5) is 0 Å². The molecule has 18 heavy (non-hydrogen) atoms. The lowest BCUT2D eigenvalue weighted by molar-refractivity contribution is 0.0183. The maximum atomic E-state index is 6.34. The molecule has 0 atom stereocenters. The molecule has 1 fully saturated rings. The molecule has 0 amide bonds. The van der Waals surface area contributed by atoms with Gasteiger partial charge < -0.3 is 5.73 Å². The van der Waals surface area contributed by atoms with Gasteiger partial charge in [-0.25, -0.2) is 0 Å². The van der Waals surface area contributed by atoms with Gasteiger partial charge in [0.2, 0.25) is 0 Å². The van der Waals surface area contributed by atoms with Crippen molar-refractivity contribution in [3.63, 3.8) is 0 Å². The summed E-state index contributed by atoms with van der Waals surface area (Å²) in [5.41, 5.74) is 7.75. The topological polar surface area (TPSA) is 26.0 Å². The lowest BCUT2D eigenvalue weighted by atomic mass is 9.48. The van der Waals surface area contributed by atoms with Crippen LogP contribution in [-0.4, -0.2) is 6.54 Å². The Morgan fingerprint density at radius 3 is 2.22 bits per heavy atom. The van der Waals surface area contributed by atoms with Gasteiger partial charge in [-0.3, -0.25) is 0 Å². The zero-order chi connectivity index (χ0) is 13.4. The Labute approximate surface area is 120 Å². The zero-order valence-corrected chi connectivity index (χ0v) is 12.6. The Morgan fingerprint density at radius 2 is 1.78 bits per heavy atom. The molecule has 0 radical (unpaired) electrons. The van der Waals surface area contributed by atoms with Crippen molar-refractivity contribution in [3.8, 4) is 0 Å². The molecule has 0 saturated heterocycles. The van der Waals surface area contributed by atoms with Gasteiger partial charge in [-0.1, -0.05) is 56.0 Å². The average Bonchev–Trinajstić information content (AvgIpc) is 2.31. The van der Waals surface area contributed by atoms with Gasteiger partial charge in [0, 0.05) is 22.0 Å². The van der Waals surface area contributed by atoms with Crippen molar-refractivity contribution >= 4 is 23.2 Å². The van der Waals surface area contributed by atoms with E-state index < -0.39 is 0 Å². The Morgan fingerprint density at radius 1 is 1.17 bits per heavy atom. The van der Waals surface area contributed by atoms with Crippen LogP contribution < -0.4 is 5.73 Å². The van der Waals surface area contributed by atoms with Crippen LogP contribution in [-0.2, 0) is 5.41 Å².